The van der Waals surface area contributed by atoms with Crippen molar-refractivity contribution in [3.8, 4) is 27.9 Å². The summed E-state index contributed by atoms with van der Waals surface area (Å²) in [7, 11) is 0. The Hall–Kier alpha value is -6.38. The summed E-state index contributed by atoms with van der Waals surface area (Å²) in [4.78, 5) is 2.45. The summed E-state index contributed by atoms with van der Waals surface area (Å²) in [5.74, 6) is 0. The molecule has 7 aromatic carbocycles. The van der Waals surface area contributed by atoms with E-state index in [-0.39, 0.29) is 10.8 Å². The van der Waals surface area contributed by atoms with Gasteiger partial charge in [-0.2, -0.15) is 0 Å². The molecule has 8 aromatic rings. The van der Waals surface area contributed by atoms with Crippen LogP contribution in [0.3, 0.4) is 0 Å². The van der Waals surface area contributed by atoms with E-state index in [4.69, 9.17) is 0 Å². The Morgan fingerprint density at radius 1 is 0.446 bits per heavy atom. The van der Waals surface area contributed by atoms with Crippen molar-refractivity contribution in [3.05, 3.63) is 202 Å². The molecule has 0 amide bonds. The highest BCUT2D eigenvalue weighted by Gasteiger charge is 2.37. The Bertz CT molecular complexity index is 2760. The molecule has 0 saturated carbocycles. The normalized spacial score (nSPS) is 14.5. The molecule has 0 aliphatic heterocycles. The molecule has 10 rings (SSSR count). The van der Waals surface area contributed by atoms with E-state index in [1.54, 1.807) is 0 Å². The van der Waals surface area contributed by atoms with Crippen LogP contribution in [0.1, 0.15) is 72.3 Å². The van der Waals surface area contributed by atoms with Crippen molar-refractivity contribution in [3.63, 3.8) is 0 Å². The SMILES string of the molecule is Cc1c(C)n(-c2ccccc2)c2cc(C=Cc3ccc(N(c4ccc5c(c4)C(C)(C)c4ccccc4-5)c4ccc5c(c4)C(C)(C)c4ccccc4-5)cc3)ccc12. The summed E-state index contributed by atoms with van der Waals surface area (Å²) in [5, 5.41) is 1.30. The van der Waals surface area contributed by atoms with E-state index in [0.29, 0.717) is 0 Å². The van der Waals surface area contributed by atoms with Crippen molar-refractivity contribution in [2.75, 3.05) is 4.90 Å². The Morgan fingerprint density at radius 3 is 1.52 bits per heavy atom. The van der Waals surface area contributed by atoms with Crippen LogP contribution >= 0.6 is 0 Å². The standard InChI is InChI=1S/C54H46N2/c1-35-36(2)55(39-14-8-7-9-15-39)52-32-38(24-29-43(35)52)21-20-37-22-25-40(26-23-37)56(41-27-30-46-44-16-10-12-18-48(44)53(3,4)50(46)33-41)42-28-31-47-45-17-11-13-19-49(45)54(5,6)51(47)34-42/h7-34H,1-6H3. The zero-order chi connectivity index (χ0) is 38.3. The largest absolute Gasteiger partial charge is 0.314 e. The van der Waals surface area contributed by atoms with Gasteiger partial charge in [-0.25, -0.2) is 0 Å². The average Bonchev–Trinajstić information content (AvgIpc) is 3.72. The Kier molecular flexibility index (Phi) is 7.67. The minimum absolute atomic E-state index is 0.0903. The van der Waals surface area contributed by atoms with Gasteiger partial charge in [0.25, 0.3) is 0 Å². The number of aromatic nitrogens is 1. The maximum atomic E-state index is 2.45. The summed E-state index contributed by atoms with van der Waals surface area (Å²) in [6, 6.07) is 58.5. The van der Waals surface area contributed by atoms with Crippen LogP contribution in [0.5, 0.6) is 0 Å². The van der Waals surface area contributed by atoms with Gasteiger partial charge in [0.2, 0.25) is 0 Å². The molecular formula is C54H46N2. The fourth-order valence-corrected chi connectivity index (χ4v) is 9.64. The first-order valence-corrected chi connectivity index (χ1v) is 19.9. The van der Waals surface area contributed by atoms with Crippen LogP contribution in [0.15, 0.2) is 158 Å². The van der Waals surface area contributed by atoms with E-state index >= 15 is 0 Å². The number of hydrogen-bond donors (Lipinski definition) is 0. The quantitative estimate of drug-likeness (QED) is 0.155. The van der Waals surface area contributed by atoms with Gasteiger partial charge in [0.1, 0.15) is 0 Å². The molecule has 1 heterocycles. The lowest BCUT2D eigenvalue weighted by molar-refractivity contribution is 0.660. The van der Waals surface area contributed by atoms with Gasteiger partial charge in [0.15, 0.2) is 0 Å². The first-order chi connectivity index (χ1) is 27.1. The molecule has 2 heteroatoms. The molecule has 2 aliphatic carbocycles. The number of hydrogen-bond acceptors (Lipinski definition) is 1. The zero-order valence-corrected chi connectivity index (χ0v) is 33.1. The lowest BCUT2D eigenvalue weighted by Crippen LogP contribution is -2.18. The molecular weight excluding hydrogens is 677 g/mol. The fourth-order valence-electron chi connectivity index (χ4n) is 9.64. The molecule has 2 nitrogen and oxygen atoms in total. The van der Waals surface area contributed by atoms with Crippen molar-refractivity contribution in [1.82, 2.24) is 4.57 Å². The number of para-hydroxylation sites is 1. The van der Waals surface area contributed by atoms with E-state index in [9.17, 15) is 0 Å². The Balaban J connectivity index is 1.04. The van der Waals surface area contributed by atoms with Crippen molar-refractivity contribution < 1.29 is 0 Å². The molecule has 0 unspecified atom stereocenters. The van der Waals surface area contributed by atoms with E-state index in [1.165, 1.54) is 89.3 Å². The van der Waals surface area contributed by atoms with Gasteiger partial charge in [0.05, 0.1) is 5.52 Å². The highest BCUT2D eigenvalue weighted by Crippen LogP contribution is 2.53. The Morgan fingerprint density at radius 2 is 0.929 bits per heavy atom. The molecule has 0 fully saturated rings. The van der Waals surface area contributed by atoms with Crippen LogP contribution in [0.25, 0.3) is 51.0 Å². The van der Waals surface area contributed by atoms with Gasteiger partial charge in [-0.1, -0.05) is 143 Å². The predicted molar refractivity (Wildman–Crippen MR) is 238 cm³/mol. The number of fused-ring (bicyclic) bond motifs is 7. The van der Waals surface area contributed by atoms with Crippen molar-refractivity contribution in [2.24, 2.45) is 0 Å². The molecule has 56 heavy (non-hydrogen) atoms. The smallest absolute Gasteiger partial charge is 0.0540 e. The number of nitrogens with zero attached hydrogens (tertiary/aromatic N) is 2. The summed E-state index contributed by atoms with van der Waals surface area (Å²) >= 11 is 0. The molecule has 0 spiro atoms. The molecule has 0 bridgehead atoms. The third-order valence-electron chi connectivity index (χ3n) is 12.8. The minimum atomic E-state index is -0.0903. The van der Waals surface area contributed by atoms with Gasteiger partial charge in [0, 0.05) is 44.7 Å². The van der Waals surface area contributed by atoms with Crippen molar-refractivity contribution in [1.29, 1.82) is 0 Å². The molecule has 0 radical (unpaired) electrons. The minimum Gasteiger partial charge on any atom is -0.314 e. The van der Waals surface area contributed by atoms with Crippen LogP contribution in [-0.2, 0) is 10.8 Å². The fraction of sp³-hybridized carbons (Fsp3) is 0.148. The molecule has 2 aliphatic rings. The third kappa shape index (κ3) is 5.16. The second-order valence-corrected chi connectivity index (χ2v) is 16.7. The number of rotatable bonds is 6. The van der Waals surface area contributed by atoms with Crippen molar-refractivity contribution >= 4 is 40.1 Å². The Labute approximate surface area is 331 Å². The molecule has 272 valence electrons. The highest BCUT2D eigenvalue weighted by molar-refractivity contribution is 5.91. The summed E-state index contributed by atoms with van der Waals surface area (Å²) in [5.41, 5.74) is 21.6. The highest BCUT2D eigenvalue weighted by atomic mass is 15.1. The van der Waals surface area contributed by atoms with E-state index < -0.39 is 0 Å². The molecule has 1 aromatic heterocycles. The lowest BCUT2D eigenvalue weighted by Gasteiger charge is -2.29. The van der Waals surface area contributed by atoms with Crippen LogP contribution < -0.4 is 4.90 Å². The second-order valence-electron chi connectivity index (χ2n) is 16.7. The van der Waals surface area contributed by atoms with Gasteiger partial charge >= 0.3 is 0 Å². The zero-order valence-electron chi connectivity index (χ0n) is 33.1. The third-order valence-corrected chi connectivity index (χ3v) is 12.8. The van der Waals surface area contributed by atoms with Gasteiger partial charge in [-0.15, -0.1) is 0 Å². The van der Waals surface area contributed by atoms with Crippen molar-refractivity contribution in [2.45, 2.75) is 52.4 Å². The van der Waals surface area contributed by atoms with Crippen LogP contribution in [-0.4, -0.2) is 4.57 Å². The van der Waals surface area contributed by atoms with Gasteiger partial charge < -0.3 is 9.47 Å². The van der Waals surface area contributed by atoms with Gasteiger partial charge in [-0.3, -0.25) is 0 Å². The lowest BCUT2D eigenvalue weighted by atomic mass is 9.82. The summed E-state index contributed by atoms with van der Waals surface area (Å²) < 4.78 is 2.38. The topological polar surface area (TPSA) is 8.17 Å². The van der Waals surface area contributed by atoms with E-state index in [0.717, 1.165) is 11.3 Å². The summed E-state index contributed by atoms with van der Waals surface area (Å²) in [6.07, 6.45) is 4.47. The first kappa shape index (κ1) is 34.1. The summed E-state index contributed by atoms with van der Waals surface area (Å²) in [6.45, 7) is 13.9. The predicted octanol–water partition coefficient (Wildman–Crippen LogP) is 14.5. The average molecular weight is 723 g/mol. The first-order valence-electron chi connectivity index (χ1n) is 19.9. The second kappa shape index (κ2) is 12.6. The van der Waals surface area contributed by atoms with Gasteiger partial charge in [-0.05, 0) is 130 Å². The monoisotopic (exact) mass is 722 g/mol. The van der Waals surface area contributed by atoms with Crippen LogP contribution in [0.2, 0.25) is 0 Å². The van der Waals surface area contributed by atoms with Crippen LogP contribution in [0.4, 0.5) is 17.1 Å². The van der Waals surface area contributed by atoms with E-state index in [1.807, 2.05) is 0 Å². The number of aryl methyl sites for hydroxylation is 1. The maximum absolute atomic E-state index is 2.45. The van der Waals surface area contributed by atoms with E-state index in [2.05, 4.69) is 221 Å². The number of benzene rings is 7. The molecule has 0 N–H and O–H groups in total. The number of anilines is 3. The molecule has 0 atom stereocenters. The van der Waals surface area contributed by atoms with Crippen LogP contribution in [0, 0.1) is 13.8 Å². The maximum Gasteiger partial charge on any atom is 0.0540 e. The molecule has 0 saturated heterocycles.